The molecule has 0 atom stereocenters. The molecule has 1 heterocycles. The van der Waals surface area contributed by atoms with Crippen LogP contribution in [0.2, 0.25) is 0 Å². The minimum atomic E-state index is 0.496. The number of nitrogens with zero attached hydrogens (tertiary/aromatic N) is 2. The molecule has 0 N–H and O–H groups in total. The molecule has 1 aliphatic rings. The lowest BCUT2D eigenvalue weighted by Gasteiger charge is -2.08. The SMILES string of the molecule is CC(C)c1cc2c(nn1)CCCCC2. The Balaban J connectivity index is 2.32. The summed E-state index contributed by atoms with van der Waals surface area (Å²) >= 11 is 0. The number of rotatable bonds is 1. The Bertz CT molecular complexity index is 318. The molecule has 1 aromatic heterocycles. The normalized spacial score (nSPS) is 16.5. The van der Waals surface area contributed by atoms with Crippen LogP contribution in [0.5, 0.6) is 0 Å². The zero-order chi connectivity index (χ0) is 9.97. The van der Waals surface area contributed by atoms with Crippen LogP contribution in [0.1, 0.15) is 56.0 Å². The van der Waals surface area contributed by atoms with Crippen LogP contribution in [0.15, 0.2) is 6.07 Å². The first kappa shape index (κ1) is 9.63. The summed E-state index contributed by atoms with van der Waals surface area (Å²) in [5.41, 5.74) is 3.83. The summed E-state index contributed by atoms with van der Waals surface area (Å²) in [4.78, 5) is 0. The van der Waals surface area contributed by atoms with Gasteiger partial charge in [-0.2, -0.15) is 10.2 Å². The summed E-state index contributed by atoms with van der Waals surface area (Å²) in [7, 11) is 0. The standard InChI is InChI=1S/C12H18N2/c1-9(2)12-8-10-6-4-3-5-7-11(10)13-14-12/h8-9H,3-7H2,1-2H3. The second-order valence-electron chi connectivity index (χ2n) is 4.46. The zero-order valence-electron chi connectivity index (χ0n) is 9.08. The molecule has 2 nitrogen and oxygen atoms in total. The highest BCUT2D eigenvalue weighted by Gasteiger charge is 2.11. The predicted octanol–water partition coefficient (Wildman–Crippen LogP) is 2.87. The van der Waals surface area contributed by atoms with Gasteiger partial charge in [0.25, 0.3) is 0 Å². The zero-order valence-corrected chi connectivity index (χ0v) is 9.08. The molecule has 0 fully saturated rings. The van der Waals surface area contributed by atoms with Gasteiger partial charge in [0, 0.05) is 0 Å². The van der Waals surface area contributed by atoms with Gasteiger partial charge in [0.05, 0.1) is 11.4 Å². The molecule has 0 bridgehead atoms. The molecule has 0 spiro atoms. The van der Waals surface area contributed by atoms with Gasteiger partial charge in [0.1, 0.15) is 0 Å². The van der Waals surface area contributed by atoms with Gasteiger partial charge < -0.3 is 0 Å². The van der Waals surface area contributed by atoms with Gasteiger partial charge in [-0.3, -0.25) is 0 Å². The van der Waals surface area contributed by atoms with Gasteiger partial charge in [-0.25, -0.2) is 0 Å². The summed E-state index contributed by atoms with van der Waals surface area (Å²) in [6.07, 6.45) is 6.26. The summed E-state index contributed by atoms with van der Waals surface area (Å²) < 4.78 is 0. The average Bonchev–Trinajstić information content (AvgIpc) is 2.41. The molecule has 2 heteroatoms. The van der Waals surface area contributed by atoms with Crippen LogP contribution in [0.25, 0.3) is 0 Å². The van der Waals surface area contributed by atoms with Crippen LogP contribution in [-0.2, 0) is 12.8 Å². The minimum Gasteiger partial charge on any atom is -0.155 e. The second kappa shape index (κ2) is 4.07. The van der Waals surface area contributed by atoms with Gasteiger partial charge >= 0.3 is 0 Å². The first-order chi connectivity index (χ1) is 6.77. The van der Waals surface area contributed by atoms with E-state index in [0.29, 0.717) is 5.92 Å². The molecule has 1 aromatic rings. The Hall–Kier alpha value is -0.920. The van der Waals surface area contributed by atoms with E-state index in [1.54, 1.807) is 0 Å². The van der Waals surface area contributed by atoms with Gasteiger partial charge in [0.15, 0.2) is 0 Å². The minimum absolute atomic E-state index is 0.496. The Morgan fingerprint density at radius 1 is 1.07 bits per heavy atom. The molecular formula is C12H18N2. The van der Waals surface area contributed by atoms with Gasteiger partial charge in [-0.05, 0) is 43.2 Å². The van der Waals surface area contributed by atoms with Crippen molar-refractivity contribution in [3.05, 3.63) is 23.0 Å². The van der Waals surface area contributed by atoms with Crippen molar-refractivity contribution in [3.63, 3.8) is 0 Å². The van der Waals surface area contributed by atoms with Crippen molar-refractivity contribution < 1.29 is 0 Å². The van der Waals surface area contributed by atoms with Crippen molar-refractivity contribution >= 4 is 0 Å². The lowest BCUT2D eigenvalue weighted by Crippen LogP contribution is -2.03. The maximum Gasteiger partial charge on any atom is 0.0663 e. The highest BCUT2D eigenvalue weighted by molar-refractivity contribution is 5.23. The fourth-order valence-electron chi connectivity index (χ4n) is 1.97. The van der Waals surface area contributed by atoms with Crippen LogP contribution >= 0.6 is 0 Å². The van der Waals surface area contributed by atoms with E-state index in [9.17, 15) is 0 Å². The van der Waals surface area contributed by atoms with Crippen LogP contribution < -0.4 is 0 Å². The van der Waals surface area contributed by atoms with Crippen LogP contribution in [0.3, 0.4) is 0 Å². The largest absolute Gasteiger partial charge is 0.155 e. The molecule has 0 saturated heterocycles. The molecule has 0 amide bonds. The lowest BCUT2D eigenvalue weighted by atomic mass is 10.0. The highest BCUT2D eigenvalue weighted by atomic mass is 15.1. The number of aryl methyl sites for hydroxylation is 2. The molecule has 0 aromatic carbocycles. The van der Waals surface area contributed by atoms with Gasteiger partial charge in [-0.1, -0.05) is 20.3 Å². The molecular weight excluding hydrogens is 172 g/mol. The smallest absolute Gasteiger partial charge is 0.0663 e. The lowest BCUT2D eigenvalue weighted by molar-refractivity contribution is 0.705. The van der Waals surface area contributed by atoms with Gasteiger partial charge in [-0.15, -0.1) is 0 Å². The maximum absolute atomic E-state index is 4.35. The van der Waals surface area contributed by atoms with Crippen molar-refractivity contribution in [1.29, 1.82) is 0 Å². The fraction of sp³-hybridized carbons (Fsp3) is 0.667. The van der Waals surface area contributed by atoms with E-state index in [-0.39, 0.29) is 0 Å². The quantitative estimate of drug-likeness (QED) is 0.636. The van der Waals surface area contributed by atoms with Crippen LogP contribution in [0, 0.1) is 0 Å². The van der Waals surface area contributed by atoms with E-state index in [2.05, 4.69) is 30.1 Å². The van der Waals surface area contributed by atoms with Crippen molar-refractivity contribution in [2.24, 2.45) is 0 Å². The van der Waals surface area contributed by atoms with E-state index in [1.807, 2.05) is 0 Å². The summed E-state index contributed by atoms with van der Waals surface area (Å²) in [6.45, 7) is 4.35. The number of fused-ring (bicyclic) bond motifs is 1. The van der Waals surface area contributed by atoms with E-state index >= 15 is 0 Å². The van der Waals surface area contributed by atoms with E-state index < -0.39 is 0 Å². The first-order valence-corrected chi connectivity index (χ1v) is 5.63. The summed E-state index contributed by atoms with van der Waals surface area (Å²) in [6, 6.07) is 2.26. The molecule has 0 radical (unpaired) electrons. The molecule has 1 aliphatic carbocycles. The molecule has 14 heavy (non-hydrogen) atoms. The second-order valence-corrected chi connectivity index (χ2v) is 4.46. The van der Waals surface area contributed by atoms with Crippen molar-refractivity contribution in [1.82, 2.24) is 10.2 Å². The maximum atomic E-state index is 4.35. The van der Waals surface area contributed by atoms with Crippen LogP contribution in [0.4, 0.5) is 0 Å². The van der Waals surface area contributed by atoms with Gasteiger partial charge in [0.2, 0.25) is 0 Å². The van der Waals surface area contributed by atoms with Crippen molar-refractivity contribution in [3.8, 4) is 0 Å². The Kier molecular flexibility index (Phi) is 2.80. The summed E-state index contributed by atoms with van der Waals surface area (Å²) in [5.74, 6) is 0.496. The number of hydrogen-bond acceptors (Lipinski definition) is 2. The van der Waals surface area contributed by atoms with Crippen molar-refractivity contribution in [2.75, 3.05) is 0 Å². The molecule has 0 unspecified atom stereocenters. The topological polar surface area (TPSA) is 25.8 Å². The summed E-state index contributed by atoms with van der Waals surface area (Å²) in [5, 5.41) is 8.63. The van der Waals surface area contributed by atoms with E-state index in [4.69, 9.17) is 0 Å². The molecule has 76 valence electrons. The Morgan fingerprint density at radius 3 is 2.64 bits per heavy atom. The average molecular weight is 190 g/mol. The highest BCUT2D eigenvalue weighted by Crippen LogP contribution is 2.21. The third-order valence-electron chi connectivity index (χ3n) is 2.93. The predicted molar refractivity (Wildman–Crippen MR) is 57.4 cm³/mol. The van der Waals surface area contributed by atoms with Crippen molar-refractivity contribution in [2.45, 2.75) is 51.9 Å². The monoisotopic (exact) mass is 190 g/mol. The Morgan fingerprint density at radius 2 is 1.86 bits per heavy atom. The fourth-order valence-corrected chi connectivity index (χ4v) is 1.97. The van der Waals surface area contributed by atoms with E-state index in [1.165, 1.54) is 36.9 Å². The Labute approximate surface area is 85.8 Å². The number of hydrogen-bond donors (Lipinski definition) is 0. The molecule has 0 saturated carbocycles. The van der Waals surface area contributed by atoms with E-state index in [0.717, 1.165) is 12.1 Å². The first-order valence-electron chi connectivity index (χ1n) is 5.63. The number of aromatic nitrogens is 2. The third kappa shape index (κ3) is 1.94. The molecule has 0 aliphatic heterocycles. The van der Waals surface area contributed by atoms with Crippen LogP contribution in [-0.4, -0.2) is 10.2 Å². The molecule has 2 rings (SSSR count). The third-order valence-corrected chi connectivity index (χ3v) is 2.93.